The van der Waals surface area contributed by atoms with Gasteiger partial charge in [0, 0.05) is 32.6 Å². The molecule has 6 nitrogen and oxygen atoms in total. The van der Waals surface area contributed by atoms with Gasteiger partial charge in [-0.3, -0.25) is 14.4 Å². The van der Waals surface area contributed by atoms with Crippen LogP contribution in [0.4, 0.5) is 0 Å². The molecule has 1 aliphatic heterocycles. The van der Waals surface area contributed by atoms with E-state index in [0.717, 1.165) is 6.42 Å². The van der Waals surface area contributed by atoms with Crippen LogP contribution in [0.3, 0.4) is 0 Å². The van der Waals surface area contributed by atoms with Crippen LogP contribution in [0.2, 0.25) is 0 Å². The average Bonchev–Trinajstić information content (AvgIpc) is 2.70. The van der Waals surface area contributed by atoms with E-state index in [4.69, 9.17) is 0 Å². The number of nitrogens with one attached hydrogen (secondary N) is 2. The molecular formula is C12H21N3O3S. The van der Waals surface area contributed by atoms with Gasteiger partial charge < -0.3 is 15.5 Å². The van der Waals surface area contributed by atoms with E-state index in [1.807, 2.05) is 6.92 Å². The van der Waals surface area contributed by atoms with E-state index in [9.17, 15) is 14.4 Å². The van der Waals surface area contributed by atoms with E-state index in [0.29, 0.717) is 19.5 Å². The minimum atomic E-state index is -0.104. The van der Waals surface area contributed by atoms with Crippen LogP contribution in [-0.2, 0) is 14.4 Å². The fourth-order valence-corrected chi connectivity index (χ4v) is 2.62. The zero-order valence-electron chi connectivity index (χ0n) is 11.4. The molecule has 1 atom stereocenters. The highest BCUT2D eigenvalue weighted by atomic mass is 32.2. The predicted molar refractivity (Wildman–Crippen MR) is 74.8 cm³/mol. The summed E-state index contributed by atoms with van der Waals surface area (Å²) in [6, 6.07) is 0.270. The van der Waals surface area contributed by atoms with Crippen molar-refractivity contribution < 1.29 is 14.4 Å². The lowest BCUT2D eigenvalue weighted by Gasteiger charge is -2.21. The van der Waals surface area contributed by atoms with Gasteiger partial charge in [-0.1, -0.05) is 0 Å². The van der Waals surface area contributed by atoms with Gasteiger partial charge in [0.15, 0.2) is 0 Å². The van der Waals surface area contributed by atoms with Crippen LogP contribution in [0, 0.1) is 0 Å². The van der Waals surface area contributed by atoms with Gasteiger partial charge in [0.1, 0.15) is 0 Å². The molecule has 19 heavy (non-hydrogen) atoms. The second-order valence-corrected chi connectivity index (χ2v) is 5.48. The second-order valence-electron chi connectivity index (χ2n) is 4.49. The molecule has 7 heteroatoms. The van der Waals surface area contributed by atoms with Gasteiger partial charge in [0.05, 0.1) is 11.5 Å². The molecule has 0 spiro atoms. The molecule has 1 saturated heterocycles. The molecule has 0 aromatic heterocycles. The van der Waals surface area contributed by atoms with Crippen molar-refractivity contribution in [1.29, 1.82) is 0 Å². The molecule has 3 amide bonds. The molecule has 1 fully saturated rings. The fourth-order valence-electron chi connectivity index (χ4n) is 1.90. The predicted octanol–water partition coefficient (Wildman–Crippen LogP) is -0.407. The summed E-state index contributed by atoms with van der Waals surface area (Å²) in [5, 5.41) is 5.25. The number of carbonyl (C=O) groups excluding carboxylic acids is 3. The molecule has 0 radical (unpaired) electrons. The maximum absolute atomic E-state index is 11.5. The molecule has 1 heterocycles. The third-order valence-corrected chi connectivity index (χ3v) is 3.98. The Kier molecular flexibility index (Phi) is 6.69. The molecular weight excluding hydrogens is 266 g/mol. The topological polar surface area (TPSA) is 78.5 Å². The zero-order chi connectivity index (χ0) is 14.3. The summed E-state index contributed by atoms with van der Waals surface area (Å²) in [5.74, 6) is 0.515. The summed E-state index contributed by atoms with van der Waals surface area (Å²) in [4.78, 5) is 35.7. The van der Waals surface area contributed by atoms with Crippen LogP contribution >= 0.6 is 11.8 Å². The van der Waals surface area contributed by atoms with E-state index >= 15 is 0 Å². The Morgan fingerprint density at radius 3 is 2.63 bits per heavy atom. The number of carbonyl (C=O) groups is 3. The van der Waals surface area contributed by atoms with Crippen LogP contribution in [0.5, 0.6) is 0 Å². The van der Waals surface area contributed by atoms with E-state index in [-0.39, 0.29) is 35.3 Å². The maximum atomic E-state index is 11.5. The van der Waals surface area contributed by atoms with Gasteiger partial charge in [-0.25, -0.2) is 0 Å². The van der Waals surface area contributed by atoms with Crippen LogP contribution in [-0.4, -0.2) is 60.3 Å². The summed E-state index contributed by atoms with van der Waals surface area (Å²) in [6.07, 6.45) is 1.51. The first kappa shape index (κ1) is 15.8. The molecule has 0 aliphatic carbocycles. The van der Waals surface area contributed by atoms with Gasteiger partial charge in [0.2, 0.25) is 17.7 Å². The Morgan fingerprint density at radius 2 is 2.05 bits per heavy atom. The molecule has 108 valence electrons. The summed E-state index contributed by atoms with van der Waals surface area (Å²) in [5.41, 5.74) is 0. The number of rotatable bonds is 7. The smallest absolute Gasteiger partial charge is 0.230 e. The zero-order valence-corrected chi connectivity index (χ0v) is 12.2. The Balaban J connectivity index is 2.10. The number of likely N-dealkylation sites (tertiary alicyclic amines) is 1. The lowest BCUT2D eigenvalue weighted by molar-refractivity contribution is -0.129. The van der Waals surface area contributed by atoms with Gasteiger partial charge in [-0.2, -0.15) is 0 Å². The fraction of sp³-hybridized carbons (Fsp3) is 0.750. The first-order valence-corrected chi connectivity index (χ1v) is 7.54. The van der Waals surface area contributed by atoms with Crippen molar-refractivity contribution in [1.82, 2.24) is 15.5 Å². The van der Waals surface area contributed by atoms with E-state index in [1.54, 1.807) is 11.9 Å². The Labute approximate surface area is 117 Å². The van der Waals surface area contributed by atoms with Crippen molar-refractivity contribution in [3.8, 4) is 0 Å². The van der Waals surface area contributed by atoms with Gasteiger partial charge in [-0.15, -0.1) is 11.8 Å². The minimum Gasteiger partial charge on any atom is -0.358 e. The number of hydrogen-bond donors (Lipinski definition) is 2. The summed E-state index contributed by atoms with van der Waals surface area (Å²) in [7, 11) is 1.57. The van der Waals surface area contributed by atoms with E-state index < -0.39 is 0 Å². The van der Waals surface area contributed by atoms with Gasteiger partial charge >= 0.3 is 0 Å². The highest BCUT2D eigenvalue weighted by molar-refractivity contribution is 8.00. The van der Waals surface area contributed by atoms with Gasteiger partial charge in [-0.05, 0) is 13.3 Å². The molecule has 1 aliphatic rings. The lowest BCUT2D eigenvalue weighted by atomic mass is 10.2. The monoisotopic (exact) mass is 287 g/mol. The molecule has 0 bridgehead atoms. The third-order valence-electron chi connectivity index (χ3n) is 3.05. The SMILES string of the molecule is CNC(=O)CSCC(=O)NCCN1C(=O)CC[C@@H]1C. The normalized spacial score (nSPS) is 18.5. The molecule has 0 unspecified atom stereocenters. The number of hydrogen-bond acceptors (Lipinski definition) is 4. The summed E-state index contributed by atoms with van der Waals surface area (Å²) < 4.78 is 0. The largest absolute Gasteiger partial charge is 0.358 e. The maximum Gasteiger partial charge on any atom is 0.230 e. The van der Waals surface area contributed by atoms with Crippen molar-refractivity contribution in [2.75, 3.05) is 31.6 Å². The quantitative estimate of drug-likeness (QED) is 0.667. The van der Waals surface area contributed by atoms with Crippen LogP contribution in [0.15, 0.2) is 0 Å². The third kappa shape index (κ3) is 5.50. The first-order valence-electron chi connectivity index (χ1n) is 6.39. The van der Waals surface area contributed by atoms with Crippen molar-refractivity contribution in [2.45, 2.75) is 25.8 Å². The Hall–Kier alpha value is -1.24. The van der Waals surface area contributed by atoms with Crippen molar-refractivity contribution in [2.24, 2.45) is 0 Å². The molecule has 0 saturated carbocycles. The van der Waals surface area contributed by atoms with Crippen molar-refractivity contribution >= 4 is 29.5 Å². The molecule has 2 N–H and O–H groups in total. The summed E-state index contributed by atoms with van der Waals surface area (Å²) in [6.45, 7) is 3.05. The highest BCUT2D eigenvalue weighted by Gasteiger charge is 2.26. The van der Waals surface area contributed by atoms with Crippen molar-refractivity contribution in [3.05, 3.63) is 0 Å². The highest BCUT2D eigenvalue weighted by Crippen LogP contribution is 2.16. The van der Waals surface area contributed by atoms with Crippen molar-refractivity contribution in [3.63, 3.8) is 0 Å². The summed E-state index contributed by atoms with van der Waals surface area (Å²) >= 11 is 1.27. The average molecular weight is 287 g/mol. The number of thioether (sulfide) groups is 1. The van der Waals surface area contributed by atoms with Crippen LogP contribution in [0.1, 0.15) is 19.8 Å². The Bertz CT molecular complexity index is 349. The lowest BCUT2D eigenvalue weighted by Crippen LogP contribution is -2.39. The minimum absolute atomic E-state index is 0.0886. The van der Waals surface area contributed by atoms with Gasteiger partial charge in [0.25, 0.3) is 0 Å². The van der Waals surface area contributed by atoms with Crippen LogP contribution in [0.25, 0.3) is 0 Å². The molecule has 0 aromatic carbocycles. The van der Waals surface area contributed by atoms with E-state index in [2.05, 4.69) is 10.6 Å². The standard InChI is InChI=1S/C12H21N3O3S/c1-9-3-4-12(18)15(9)6-5-14-11(17)8-19-7-10(16)13-2/h9H,3-8H2,1-2H3,(H,13,16)(H,14,17)/t9-/m0/s1. The number of nitrogens with zero attached hydrogens (tertiary/aromatic N) is 1. The number of amides is 3. The first-order chi connectivity index (χ1) is 9.04. The molecule has 1 rings (SSSR count). The second kappa shape index (κ2) is 8.04. The van der Waals surface area contributed by atoms with Crippen LogP contribution < -0.4 is 10.6 Å². The Morgan fingerprint density at radius 1 is 1.37 bits per heavy atom. The van der Waals surface area contributed by atoms with E-state index in [1.165, 1.54) is 11.8 Å². The molecule has 0 aromatic rings.